The van der Waals surface area contributed by atoms with Crippen LogP contribution in [0.1, 0.15) is 33.6 Å². The van der Waals surface area contributed by atoms with Gasteiger partial charge in [0, 0.05) is 19.1 Å². The Morgan fingerprint density at radius 1 is 1.36 bits per heavy atom. The number of hydrogen-bond acceptors (Lipinski definition) is 3. The molecule has 14 heavy (non-hydrogen) atoms. The maximum absolute atomic E-state index is 5.72. The highest BCUT2D eigenvalue weighted by Gasteiger charge is 2.26. The number of nitrogens with zero attached hydrogens (tertiary/aromatic N) is 1. The summed E-state index contributed by atoms with van der Waals surface area (Å²) in [5, 5.41) is 0. The average Bonchev–Trinajstić information content (AvgIpc) is 2.12. The van der Waals surface area contributed by atoms with E-state index >= 15 is 0 Å². The summed E-state index contributed by atoms with van der Waals surface area (Å²) in [6.07, 6.45) is 3.03. The third kappa shape index (κ3) is 3.23. The molecule has 1 rings (SSSR count). The van der Waals surface area contributed by atoms with Gasteiger partial charge >= 0.3 is 0 Å². The molecule has 2 N–H and O–H groups in total. The lowest BCUT2D eigenvalue weighted by molar-refractivity contribution is -0.0813. The van der Waals surface area contributed by atoms with E-state index in [0.29, 0.717) is 18.2 Å². The zero-order chi connectivity index (χ0) is 10.6. The van der Waals surface area contributed by atoms with Crippen LogP contribution < -0.4 is 5.73 Å². The smallest absolute Gasteiger partial charge is 0.0678 e. The van der Waals surface area contributed by atoms with Gasteiger partial charge in [-0.05, 0) is 33.2 Å². The van der Waals surface area contributed by atoms with E-state index in [1.54, 1.807) is 0 Å². The Morgan fingerprint density at radius 2 is 1.93 bits per heavy atom. The molecule has 0 aromatic rings. The van der Waals surface area contributed by atoms with Gasteiger partial charge in [-0.1, -0.05) is 6.92 Å². The summed E-state index contributed by atoms with van der Waals surface area (Å²) in [6.45, 7) is 9.45. The van der Waals surface area contributed by atoms with E-state index in [0.717, 1.165) is 26.1 Å². The third-order valence-electron chi connectivity index (χ3n) is 2.94. The Morgan fingerprint density at radius 3 is 2.36 bits per heavy atom. The second-order valence-corrected chi connectivity index (χ2v) is 4.35. The maximum Gasteiger partial charge on any atom is 0.0678 e. The first-order chi connectivity index (χ1) is 6.67. The molecule has 0 radical (unpaired) electrons. The van der Waals surface area contributed by atoms with Crippen molar-refractivity contribution in [3.8, 4) is 0 Å². The van der Waals surface area contributed by atoms with Gasteiger partial charge in [0.25, 0.3) is 0 Å². The number of hydrogen-bond donors (Lipinski definition) is 1. The fourth-order valence-electron chi connectivity index (χ4n) is 2.35. The zero-order valence-electron chi connectivity index (χ0n) is 9.70. The van der Waals surface area contributed by atoms with Crippen molar-refractivity contribution in [1.29, 1.82) is 0 Å². The van der Waals surface area contributed by atoms with Crippen LogP contribution in [0.4, 0.5) is 0 Å². The molecule has 0 aliphatic carbocycles. The molecule has 1 aliphatic heterocycles. The van der Waals surface area contributed by atoms with Crippen molar-refractivity contribution >= 4 is 0 Å². The van der Waals surface area contributed by atoms with Crippen LogP contribution in [0.5, 0.6) is 0 Å². The quantitative estimate of drug-likeness (QED) is 0.741. The van der Waals surface area contributed by atoms with Crippen LogP contribution in [0, 0.1) is 0 Å². The number of morpholine rings is 1. The van der Waals surface area contributed by atoms with Crippen LogP contribution in [0.3, 0.4) is 0 Å². The maximum atomic E-state index is 5.72. The van der Waals surface area contributed by atoms with Gasteiger partial charge in [-0.25, -0.2) is 0 Å². The largest absolute Gasteiger partial charge is 0.373 e. The SMILES string of the molecule is CCC(CCN)N1C[C@@H](C)O[C@@H](C)C1. The molecular formula is C11H24N2O. The van der Waals surface area contributed by atoms with Crippen LogP contribution in [-0.2, 0) is 4.74 Å². The van der Waals surface area contributed by atoms with Gasteiger partial charge in [0.2, 0.25) is 0 Å². The van der Waals surface area contributed by atoms with E-state index in [1.807, 2.05) is 0 Å². The first kappa shape index (κ1) is 12.0. The zero-order valence-corrected chi connectivity index (χ0v) is 9.70. The molecule has 1 saturated heterocycles. The Labute approximate surface area is 87.6 Å². The van der Waals surface area contributed by atoms with Crippen LogP contribution in [0.15, 0.2) is 0 Å². The fourth-order valence-corrected chi connectivity index (χ4v) is 2.35. The summed E-state index contributed by atoms with van der Waals surface area (Å²) < 4.78 is 5.72. The molecule has 84 valence electrons. The van der Waals surface area contributed by atoms with Gasteiger partial charge in [-0.2, -0.15) is 0 Å². The van der Waals surface area contributed by atoms with Gasteiger partial charge in [0.05, 0.1) is 12.2 Å². The van der Waals surface area contributed by atoms with E-state index in [4.69, 9.17) is 10.5 Å². The summed E-state index contributed by atoms with van der Waals surface area (Å²) in [6, 6.07) is 0.647. The molecule has 0 saturated carbocycles. The van der Waals surface area contributed by atoms with E-state index in [-0.39, 0.29) is 0 Å². The second-order valence-electron chi connectivity index (χ2n) is 4.35. The summed E-state index contributed by atoms with van der Waals surface area (Å²) in [5.41, 5.74) is 5.62. The van der Waals surface area contributed by atoms with Crippen molar-refractivity contribution in [3.63, 3.8) is 0 Å². The summed E-state index contributed by atoms with van der Waals surface area (Å²) in [7, 11) is 0. The molecular weight excluding hydrogens is 176 g/mol. The lowest BCUT2D eigenvalue weighted by Gasteiger charge is -2.40. The Balaban J connectivity index is 2.47. The molecule has 0 spiro atoms. The molecule has 3 heteroatoms. The number of rotatable bonds is 4. The highest BCUT2D eigenvalue weighted by Crippen LogP contribution is 2.16. The average molecular weight is 200 g/mol. The molecule has 0 amide bonds. The van der Waals surface area contributed by atoms with E-state index in [2.05, 4.69) is 25.7 Å². The molecule has 0 aromatic carbocycles. The minimum absolute atomic E-state index is 0.366. The predicted molar refractivity (Wildman–Crippen MR) is 59.3 cm³/mol. The van der Waals surface area contributed by atoms with E-state index in [9.17, 15) is 0 Å². The Hall–Kier alpha value is -0.120. The van der Waals surface area contributed by atoms with Crippen molar-refractivity contribution < 1.29 is 4.74 Å². The molecule has 1 aliphatic rings. The van der Waals surface area contributed by atoms with Crippen molar-refractivity contribution in [3.05, 3.63) is 0 Å². The molecule has 1 unspecified atom stereocenters. The topological polar surface area (TPSA) is 38.5 Å². The predicted octanol–water partition coefficient (Wildman–Crippen LogP) is 1.22. The lowest BCUT2D eigenvalue weighted by atomic mass is 10.1. The monoisotopic (exact) mass is 200 g/mol. The van der Waals surface area contributed by atoms with Crippen LogP contribution >= 0.6 is 0 Å². The number of nitrogens with two attached hydrogens (primary N) is 1. The first-order valence-corrected chi connectivity index (χ1v) is 5.77. The normalized spacial score (nSPS) is 31.7. The molecule has 3 nitrogen and oxygen atoms in total. The minimum atomic E-state index is 0.366. The summed E-state index contributed by atoms with van der Waals surface area (Å²) >= 11 is 0. The van der Waals surface area contributed by atoms with E-state index < -0.39 is 0 Å². The Kier molecular flexibility index (Phi) is 4.85. The number of ether oxygens (including phenoxy) is 1. The van der Waals surface area contributed by atoms with Crippen molar-refractivity contribution in [2.75, 3.05) is 19.6 Å². The van der Waals surface area contributed by atoms with Crippen molar-refractivity contribution in [1.82, 2.24) is 4.90 Å². The minimum Gasteiger partial charge on any atom is -0.373 e. The van der Waals surface area contributed by atoms with Gasteiger partial charge < -0.3 is 10.5 Å². The van der Waals surface area contributed by atoms with Gasteiger partial charge in [-0.15, -0.1) is 0 Å². The highest BCUT2D eigenvalue weighted by molar-refractivity contribution is 4.79. The van der Waals surface area contributed by atoms with Crippen LogP contribution in [0.2, 0.25) is 0 Å². The molecule has 1 heterocycles. The molecule has 3 atom stereocenters. The van der Waals surface area contributed by atoms with Crippen LogP contribution in [0.25, 0.3) is 0 Å². The molecule has 1 fully saturated rings. The Bertz CT molecular complexity index is 153. The van der Waals surface area contributed by atoms with Gasteiger partial charge in [0.1, 0.15) is 0 Å². The standard InChI is InChI=1S/C11H24N2O/c1-4-11(5-6-12)13-7-9(2)14-10(3)8-13/h9-11H,4-8,12H2,1-3H3/t9-,10+,11?. The van der Waals surface area contributed by atoms with Crippen molar-refractivity contribution in [2.45, 2.75) is 51.9 Å². The molecule has 0 aromatic heterocycles. The van der Waals surface area contributed by atoms with E-state index in [1.165, 1.54) is 6.42 Å². The lowest BCUT2D eigenvalue weighted by Crippen LogP contribution is -2.50. The van der Waals surface area contributed by atoms with Crippen molar-refractivity contribution in [2.24, 2.45) is 5.73 Å². The fraction of sp³-hybridized carbons (Fsp3) is 1.00. The first-order valence-electron chi connectivity index (χ1n) is 5.77. The summed E-state index contributed by atoms with van der Waals surface area (Å²) in [5.74, 6) is 0. The van der Waals surface area contributed by atoms with Gasteiger partial charge in [-0.3, -0.25) is 4.90 Å². The molecule has 0 bridgehead atoms. The van der Waals surface area contributed by atoms with Crippen LogP contribution in [-0.4, -0.2) is 42.8 Å². The third-order valence-corrected chi connectivity index (χ3v) is 2.94. The second kappa shape index (κ2) is 5.69. The summed E-state index contributed by atoms with van der Waals surface area (Å²) in [4.78, 5) is 2.53. The van der Waals surface area contributed by atoms with Gasteiger partial charge in [0.15, 0.2) is 0 Å². The highest BCUT2D eigenvalue weighted by atomic mass is 16.5.